The third kappa shape index (κ3) is 2.66. The van der Waals surface area contributed by atoms with Crippen molar-refractivity contribution in [3.8, 4) is 0 Å². The monoisotopic (exact) mass is 338 g/mol. The highest BCUT2D eigenvalue weighted by Crippen LogP contribution is 2.40. The molecule has 0 spiro atoms. The van der Waals surface area contributed by atoms with Crippen LogP contribution in [0.3, 0.4) is 0 Å². The van der Waals surface area contributed by atoms with Gasteiger partial charge in [0.1, 0.15) is 5.60 Å². The average Bonchev–Trinajstić information content (AvgIpc) is 2.87. The zero-order valence-corrected chi connectivity index (χ0v) is 15.3. The molecule has 3 aromatic rings. The molecule has 0 aliphatic carbocycles. The summed E-state index contributed by atoms with van der Waals surface area (Å²) >= 11 is 1.69. The van der Waals surface area contributed by atoms with Crippen molar-refractivity contribution in [3.05, 3.63) is 82.7 Å². The van der Waals surface area contributed by atoms with Crippen LogP contribution < -0.4 is 0 Å². The molecule has 0 saturated carbocycles. The molecule has 24 heavy (non-hydrogen) atoms. The molecule has 124 valence electrons. The number of aliphatic hydroxyl groups is 1. The van der Waals surface area contributed by atoms with E-state index in [1.165, 1.54) is 4.90 Å². The van der Waals surface area contributed by atoms with E-state index in [-0.39, 0.29) is 0 Å². The fourth-order valence-electron chi connectivity index (χ4n) is 3.26. The van der Waals surface area contributed by atoms with Crippen LogP contribution in [0.5, 0.6) is 0 Å². The van der Waals surface area contributed by atoms with Gasteiger partial charge in [0.25, 0.3) is 0 Å². The molecule has 0 radical (unpaired) electrons. The lowest BCUT2D eigenvalue weighted by molar-refractivity contribution is 0.124. The van der Waals surface area contributed by atoms with E-state index in [9.17, 15) is 5.11 Å². The minimum Gasteiger partial charge on any atom is -0.376 e. The topological polar surface area (TPSA) is 38.1 Å². The number of aromatic nitrogens is 2. The van der Waals surface area contributed by atoms with Crippen LogP contribution in [0.15, 0.2) is 59.5 Å². The molecular formula is C20H22N2OS. The van der Waals surface area contributed by atoms with E-state index in [4.69, 9.17) is 0 Å². The van der Waals surface area contributed by atoms with Gasteiger partial charge in [-0.15, -0.1) is 11.8 Å². The van der Waals surface area contributed by atoms with Gasteiger partial charge in [0, 0.05) is 23.2 Å². The van der Waals surface area contributed by atoms with E-state index in [0.29, 0.717) is 0 Å². The molecule has 1 atom stereocenters. The average molecular weight is 338 g/mol. The maximum absolute atomic E-state index is 11.9. The Balaban J connectivity index is 2.29. The van der Waals surface area contributed by atoms with Crippen molar-refractivity contribution in [2.75, 3.05) is 6.26 Å². The second-order valence-corrected chi connectivity index (χ2v) is 6.85. The molecule has 1 heterocycles. The first-order chi connectivity index (χ1) is 11.5. The van der Waals surface area contributed by atoms with E-state index in [1.807, 2.05) is 74.3 Å². The standard InChI is InChI=1S/C20H22N2OS/c1-14-19(15(2)22(3)21-14)20(23,16-8-6-5-7-9-16)17-10-12-18(24-4)13-11-17/h5-13,23H,1-4H3. The molecule has 0 aliphatic rings. The van der Waals surface area contributed by atoms with Crippen LogP contribution in [-0.2, 0) is 12.6 Å². The Morgan fingerprint density at radius 2 is 1.54 bits per heavy atom. The molecule has 0 saturated heterocycles. The first kappa shape index (κ1) is 16.8. The Morgan fingerprint density at radius 1 is 0.958 bits per heavy atom. The molecule has 1 unspecified atom stereocenters. The number of hydrogen-bond acceptors (Lipinski definition) is 3. The Kier molecular flexibility index (Phi) is 4.52. The minimum absolute atomic E-state index is 0.843. The first-order valence-corrected chi connectivity index (χ1v) is 9.14. The number of hydrogen-bond donors (Lipinski definition) is 1. The predicted octanol–water partition coefficient (Wildman–Crippen LogP) is 4.04. The van der Waals surface area contributed by atoms with Gasteiger partial charge in [0.05, 0.1) is 5.69 Å². The van der Waals surface area contributed by atoms with Crippen molar-refractivity contribution < 1.29 is 5.11 Å². The number of nitrogens with zero attached hydrogens (tertiary/aromatic N) is 2. The molecule has 2 aromatic carbocycles. The van der Waals surface area contributed by atoms with E-state index >= 15 is 0 Å². The molecule has 3 nitrogen and oxygen atoms in total. The number of aryl methyl sites for hydroxylation is 2. The molecular weight excluding hydrogens is 316 g/mol. The summed E-state index contributed by atoms with van der Waals surface area (Å²) in [7, 11) is 1.91. The normalized spacial score (nSPS) is 13.7. The van der Waals surface area contributed by atoms with Crippen molar-refractivity contribution >= 4 is 11.8 Å². The molecule has 1 N–H and O–H groups in total. The summed E-state index contributed by atoms with van der Waals surface area (Å²) in [5, 5.41) is 16.4. The maximum atomic E-state index is 11.9. The van der Waals surface area contributed by atoms with Crippen LogP contribution in [0, 0.1) is 13.8 Å². The van der Waals surface area contributed by atoms with E-state index in [1.54, 1.807) is 11.8 Å². The highest BCUT2D eigenvalue weighted by atomic mass is 32.2. The van der Waals surface area contributed by atoms with Gasteiger partial charge in [-0.1, -0.05) is 42.5 Å². The zero-order chi connectivity index (χ0) is 17.3. The van der Waals surface area contributed by atoms with Crippen LogP contribution in [0.25, 0.3) is 0 Å². The Labute approximate surface area is 147 Å². The van der Waals surface area contributed by atoms with E-state index in [0.717, 1.165) is 28.1 Å². The van der Waals surface area contributed by atoms with Gasteiger partial charge < -0.3 is 5.11 Å². The van der Waals surface area contributed by atoms with Gasteiger partial charge >= 0.3 is 0 Å². The lowest BCUT2D eigenvalue weighted by atomic mass is 9.79. The van der Waals surface area contributed by atoms with Gasteiger partial charge in [0.2, 0.25) is 0 Å². The summed E-state index contributed by atoms with van der Waals surface area (Å²) in [4.78, 5) is 1.17. The van der Waals surface area contributed by atoms with E-state index < -0.39 is 5.60 Å². The van der Waals surface area contributed by atoms with Crippen LogP contribution in [-0.4, -0.2) is 21.1 Å². The molecule has 0 aliphatic heterocycles. The molecule has 0 bridgehead atoms. The fraction of sp³-hybridized carbons (Fsp3) is 0.250. The second kappa shape index (κ2) is 6.46. The van der Waals surface area contributed by atoms with Gasteiger partial charge in [-0.2, -0.15) is 5.10 Å². The van der Waals surface area contributed by atoms with Crippen molar-refractivity contribution in [1.29, 1.82) is 0 Å². The van der Waals surface area contributed by atoms with Gasteiger partial charge in [0.15, 0.2) is 0 Å². The van der Waals surface area contributed by atoms with Gasteiger partial charge in [-0.25, -0.2) is 0 Å². The highest BCUT2D eigenvalue weighted by Gasteiger charge is 2.38. The largest absolute Gasteiger partial charge is 0.376 e. The van der Waals surface area contributed by atoms with Crippen molar-refractivity contribution in [3.63, 3.8) is 0 Å². The summed E-state index contributed by atoms with van der Waals surface area (Å²) < 4.78 is 1.83. The third-order valence-electron chi connectivity index (χ3n) is 4.57. The molecule has 4 heteroatoms. The minimum atomic E-state index is -1.22. The summed E-state index contributed by atoms with van der Waals surface area (Å²) in [6, 6.07) is 17.9. The Bertz CT molecular complexity index is 840. The quantitative estimate of drug-likeness (QED) is 0.730. The van der Waals surface area contributed by atoms with Crippen LogP contribution in [0.1, 0.15) is 28.1 Å². The maximum Gasteiger partial charge on any atom is 0.144 e. The molecule has 0 fully saturated rings. The second-order valence-electron chi connectivity index (χ2n) is 5.97. The van der Waals surface area contributed by atoms with Crippen LogP contribution in [0.4, 0.5) is 0 Å². The van der Waals surface area contributed by atoms with Crippen molar-refractivity contribution in [2.24, 2.45) is 7.05 Å². The summed E-state index contributed by atoms with van der Waals surface area (Å²) in [6.07, 6.45) is 2.05. The van der Waals surface area contributed by atoms with Gasteiger partial charge in [-0.05, 0) is 43.4 Å². The highest BCUT2D eigenvalue weighted by molar-refractivity contribution is 7.98. The SMILES string of the molecule is CSc1ccc(C(O)(c2ccccc2)c2c(C)nn(C)c2C)cc1. The predicted molar refractivity (Wildman–Crippen MR) is 99.4 cm³/mol. The van der Waals surface area contributed by atoms with Gasteiger partial charge in [-0.3, -0.25) is 4.68 Å². The van der Waals surface area contributed by atoms with Crippen molar-refractivity contribution in [1.82, 2.24) is 9.78 Å². The fourth-order valence-corrected chi connectivity index (χ4v) is 3.67. The van der Waals surface area contributed by atoms with E-state index in [2.05, 4.69) is 17.2 Å². The third-order valence-corrected chi connectivity index (χ3v) is 5.31. The zero-order valence-electron chi connectivity index (χ0n) is 14.4. The Morgan fingerprint density at radius 3 is 2.04 bits per heavy atom. The smallest absolute Gasteiger partial charge is 0.144 e. The first-order valence-electron chi connectivity index (χ1n) is 7.91. The van der Waals surface area contributed by atoms with Crippen LogP contribution >= 0.6 is 11.8 Å². The molecule has 1 aromatic heterocycles. The molecule has 0 amide bonds. The summed E-state index contributed by atoms with van der Waals surface area (Å²) in [5.41, 5.74) is 3.14. The number of benzene rings is 2. The lowest BCUT2D eigenvalue weighted by Crippen LogP contribution is -2.30. The summed E-state index contributed by atoms with van der Waals surface area (Å²) in [5.74, 6) is 0. The number of rotatable bonds is 4. The lowest BCUT2D eigenvalue weighted by Gasteiger charge is -2.30. The van der Waals surface area contributed by atoms with Crippen LogP contribution in [0.2, 0.25) is 0 Å². The molecule has 3 rings (SSSR count). The Hall–Kier alpha value is -2.04. The van der Waals surface area contributed by atoms with Crippen molar-refractivity contribution in [2.45, 2.75) is 24.3 Å². The summed E-state index contributed by atoms with van der Waals surface area (Å²) in [6.45, 7) is 3.95. The number of thioether (sulfide) groups is 1.